The summed E-state index contributed by atoms with van der Waals surface area (Å²) < 4.78 is 6.17. The van der Waals surface area contributed by atoms with E-state index in [-0.39, 0.29) is 20.1 Å². The number of furan rings is 1. The molecule has 0 aliphatic carbocycles. The van der Waals surface area contributed by atoms with Gasteiger partial charge in [0.05, 0.1) is 11.1 Å². The monoisotopic (exact) mass is 761 g/mol. The standard InChI is InChI=1S/C28H20N3O.C11H8N.Ir/c1-16-15-29-26(14-24(16)19-10-12-25-20(13-19)9-7-17(2)30-25)23-6-4-5-21-22-11-8-18(3)31-28(22)32-27(21)23;1-2-6-10(7-3-1)11-8-4-5-9-12-11;/h4-5,7-15H,1-3H3;1-6,8-9H;/q2*-1;. The molecule has 1 radical (unpaired) electrons. The maximum absolute atomic E-state index is 6.17. The molecule has 0 atom stereocenters. The van der Waals surface area contributed by atoms with Gasteiger partial charge in [0.1, 0.15) is 0 Å². The number of pyridine rings is 4. The number of rotatable bonds is 3. The van der Waals surface area contributed by atoms with Crippen LogP contribution >= 0.6 is 0 Å². The maximum Gasteiger partial charge on any atom is 0.216 e. The van der Waals surface area contributed by atoms with Gasteiger partial charge in [-0.1, -0.05) is 41.3 Å². The van der Waals surface area contributed by atoms with Gasteiger partial charge in [-0.3, -0.25) is 4.98 Å². The summed E-state index contributed by atoms with van der Waals surface area (Å²) >= 11 is 0. The van der Waals surface area contributed by atoms with Crippen LogP contribution in [0.15, 0.2) is 120 Å². The maximum atomic E-state index is 6.17. The Balaban J connectivity index is 0.000000231. The molecule has 0 saturated carbocycles. The van der Waals surface area contributed by atoms with Gasteiger partial charge in [-0.25, -0.2) is 4.98 Å². The second-order valence-corrected chi connectivity index (χ2v) is 10.7. The molecule has 0 saturated heterocycles. The quantitative estimate of drug-likeness (QED) is 0.168. The summed E-state index contributed by atoms with van der Waals surface area (Å²) in [4.78, 5) is 18.1. The van der Waals surface area contributed by atoms with Gasteiger partial charge in [0.25, 0.3) is 0 Å². The first-order valence-electron chi connectivity index (χ1n) is 14.5. The van der Waals surface area contributed by atoms with Crippen molar-refractivity contribution in [3.05, 3.63) is 145 Å². The van der Waals surface area contributed by atoms with Crippen LogP contribution in [0.4, 0.5) is 0 Å². The summed E-state index contributed by atoms with van der Waals surface area (Å²) in [6, 6.07) is 40.9. The summed E-state index contributed by atoms with van der Waals surface area (Å²) in [7, 11) is 0. The van der Waals surface area contributed by atoms with E-state index in [2.05, 4.69) is 70.4 Å². The Morgan fingerprint density at radius 2 is 1.51 bits per heavy atom. The molecule has 6 heteroatoms. The third-order valence-electron chi connectivity index (χ3n) is 7.59. The fraction of sp³-hybridized carbons (Fsp3) is 0.0769. The van der Waals surface area contributed by atoms with Crippen LogP contribution in [0.5, 0.6) is 0 Å². The Hall–Kier alpha value is -5.03. The van der Waals surface area contributed by atoms with Crippen molar-refractivity contribution in [2.45, 2.75) is 20.8 Å². The van der Waals surface area contributed by atoms with Crippen molar-refractivity contribution in [2.24, 2.45) is 0 Å². The number of nitrogens with zero attached hydrogens (tertiary/aromatic N) is 4. The molecule has 8 rings (SSSR count). The van der Waals surface area contributed by atoms with Crippen LogP contribution in [0.1, 0.15) is 17.0 Å². The van der Waals surface area contributed by atoms with E-state index >= 15 is 0 Å². The van der Waals surface area contributed by atoms with Crippen LogP contribution in [0.3, 0.4) is 0 Å². The minimum absolute atomic E-state index is 0. The number of hydrogen-bond acceptors (Lipinski definition) is 5. The summed E-state index contributed by atoms with van der Waals surface area (Å²) in [5.74, 6) is 0. The topological polar surface area (TPSA) is 64.7 Å². The van der Waals surface area contributed by atoms with Gasteiger partial charge in [-0.05, 0) is 85.2 Å². The van der Waals surface area contributed by atoms with Crippen molar-refractivity contribution < 1.29 is 24.5 Å². The van der Waals surface area contributed by atoms with E-state index in [9.17, 15) is 0 Å². The molecule has 3 aromatic carbocycles. The molecule has 0 bridgehead atoms. The van der Waals surface area contributed by atoms with Crippen molar-refractivity contribution in [2.75, 3.05) is 0 Å². The molecule has 0 unspecified atom stereocenters. The molecule has 0 aliphatic heterocycles. The fourth-order valence-corrected chi connectivity index (χ4v) is 5.35. The third kappa shape index (κ3) is 6.16. The van der Waals surface area contributed by atoms with E-state index in [1.54, 1.807) is 6.20 Å². The SMILES string of the molecule is Cc1ccc2cc(-c3cc(-c4[c-]ccc5c4oc4nc(C)ccc45)ncc3C)ccc2n1.[Ir].[c-]1ccccc1-c1ccccn1. The van der Waals surface area contributed by atoms with Crippen LogP contribution in [-0.4, -0.2) is 19.9 Å². The Labute approximate surface area is 275 Å². The average molecular weight is 761 g/mol. The second-order valence-electron chi connectivity index (χ2n) is 10.7. The van der Waals surface area contributed by atoms with Crippen molar-refractivity contribution in [1.82, 2.24) is 19.9 Å². The fourth-order valence-electron chi connectivity index (χ4n) is 5.35. The van der Waals surface area contributed by atoms with Crippen LogP contribution in [0.2, 0.25) is 0 Å². The van der Waals surface area contributed by atoms with E-state index in [0.29, 0.717) is 5.71 Å². The molecule has 0 amide bonds. The molecular weight excluding hydrogens is 733 g/mol. The molecule has 0 spiro atoms. The smallest absolute Gasteiger partial charge is 0.216 e. The van der Waals surface area contributed by atoms with Gasteiger partial charge >= 0.3 is 0 Å². The molecule has 8 aromatic rings. The van der Waals surface area contributed by atoms with Gasteiger partial charge in [0.15, 0.2) is 0 Å². The van der Waals surface area contributed by atoms with E-state index in [1.807, 2.05) is 86.8 Å². The van der Waals surface area contributed by atoms with Crippen LogP contribution < -0.4 is 0 Å². The number of aromatic nitrogens is 4. The average Bonchev–Trinajstić information content (AvgIpc) is 3.44. The summed E-state index contributed by atoms with van der Waals surface area (Å²) in [6.45, 7) is 6.06. The molecule has 5 aromatic heterocycles. The van der Waals surface area contributed by atoms with Gasteiger partial charge in [-0.15, -0.1) is 54.1 Å². The Morgan fingerprint density at radius 3 is 2.33 bits per heavy atom. The van der Waals surface area contributed by atoms with E-state index in [4.69, 9.17) is 9.40 Å². The molecular formula is C39H28IrN4O-2. The van der Waals surface area contributed by atoms with Gasteiger partial charge in [0, 0.05) is 54.7 Å². The molecule has 5 heterocycles. The Morgan fingerprint density at radius 1 is 0.667 bits per heavy atom. The Kier molecular flexibility index (Phi) is 8.61. The number of benzene rings is 3. The molecule has 0 aliphatic rings. The summed E-state index contributed by atoms with van der Waals surface area (Å²) in [6.07, 6.45) is 3.70. The van der Waals surface area contributed by atoms with E-state index < -0.39 is 0 Å². The third-order valence-corrected chi connectivity index (χ3v) is 7.59. The Bertz CT molecular complexity index is 2230. The van der Waals surface area contributed by atoms with Crippen LogP contribution in [-0.2, 0) is 20.1 Å². The van der Waals surface area contributed by atoms with Gasteiger partial charge in [-0.2, -0.15) is 0 Å². The van der Waals surface area contributed by atoms with Crippen molar-refractivity contribution in [1.29, 1.82) is 0 Å². The first-order valence-corrected chi connectivity index (χ1v) is 14.5. The summed E-state index contributed by atoms with van der Waals surface area (Å²) in [5.41, 5.74) is 11.4. The largest absolute Gasteiger partial charge is 0.486 e. The minimum Gasteiger partial charge on any atom is -0.486 e. The minimum atomic E-state index is 0. The zero-order valence-electron chi connectivity index (χ0n) is 25.0. The van der Waals surface area contributed by atoms with E-state index in [1.165, 1.54) is 0 Å². The molecule has 45 heavy (non-hydrogen) atoms. The number of fused-ring (bicyclic) bond motifs is 4. The zero-order chi connectivity index (χ0) is 30.0. The molecule has 0 N–H and O–H groups in total. The summed E-state index contributed by atoms with van der Waals surface area (Å²) in [5, 5.41) is 3.15. The molecule has 5 nitrogen and oxygen atoms in total. The predicted molar refractivity (Wildman–Crippen MR) is 177 cm³/mol. The first kappa shape index (κ1) is 30.0. The number of aryl methyl sites for hydroxylation is 3. The van der Waals surface area contributed by atoms with Crippen LogP contribution in [0.25, 0.3) is 66.6 Å². The van der Waals surface area contributed by atoms with Crippen LogP contribution in [0, 0.1) is 32.9 Å². The number of hydrogen-bond donors (Lipinski definition) is 0. The van der Waals surface area contributed by atoms with Crippen molar-refractivity contribution in [3.8, 4) is 33.6 Å². The van der Waals surface area contributed by atoms with Gasteiger partial charge < -0.3 is 14.4 Å². The van der Waals surface area contributed by atoms with Gasteiger partial charge in [0.2, 0.25) is 5.71 Å². The first-order chi connectivity index (χ1) is 21.5. The molecule has 0 fully saturated rings. The molecule has 221 valence electrons. The predicted octanol–water partition coefficient (Wildman–Crippen LogP) is 9.53. The second kappa shape index (κ2) is 12.9. The van der Waals surface area contributed by atoms with E-state index in [0.717, 1.165) is 77.9 Å². The van der Waals surface area contributed by atoms with Crippen molar-refractivity contribution >= 4 is 33.0 Å². The zero-order valence-corrected chi connectivity index (χ0v) is 27.4. The normalized spacial score (nSPS) is 10.8. The van der Waals surface area contributed by atoms with Crippen molar-refractivity contribution in [3.63, 3.8) is 0 Å².